The van der Waals surface area contributed by atoms with Gasteiger partial charge in [-0.25, -0.2) is 13.4 Å². The maximum absolute atomic E-state index is 13.7. The number of sulfonamides is 1. The van der Waals surface area contributed by atoms with E-state index in [4.69, 9.17) is 0 Å². The molecule has 3 aromatic rings. The minimum atomic E-state index is -3.65. The van der Waals surface area contributed by atoms with Crippen molar-refractivity contribution in [2.45, 2.75) is 38.5 Å². The summed E-state index contributed by atoms with van der Waals surface area (Å²) in [6.07, 6.45) is 0. The van der Waals surface area contributed by atoms with Crippen LogP contribution in [0, 0.1) is 6.92 Å². The number of hydrogen-bond donors (Lipinski definition) is 0. The van der Waals surface area contributed by atoms with E-state index in [1.54, 1.807) is 28.6 Å². The Kier molecular flexibility index (Phi) is 6.70. The second-order valence-electron chi connectivity index (χ2n) is 8.65. The Morgan fingerprint density at radius 2 is 1.70 bits per heavy atom. The SMILES string of the molecule is CC(=O)c1ccc(N2CCN(S(=O)(=O)c3cc(-c4csc(C)n4)ccc3C(C)C)CC2)cc1. The van der Waals surface area contributed by atoms with Crippen molar-refractivity contribution < 1.29 is 13.2 Å². The Balaban J connectivity index is 1.57. The Morgan fingerprint density at radius 3 is 2.24 bits per heavy atom. The lowest BCUT2D eigenvalue weighted by Gasteiger charge is -2.36. The van der Waals surface area contributed by atoms with Crippen LogP contribution >= 0.6 is 11.3 Å². The smallest absolute Gasteiger partial charge is 0.243 e. The molecule has 6 nitrogen and oxygen atoms in total. The van der Waals surface area contributed by atoms with E-state index in [2.05, 4.69) is 9.88 Å². The van der Waals surface area contributed by atoms with Gasteiger partial charge in [-0.15, -0.1) is 11.3 Å². The molecule has 0 saturated carbocycles. The number of carbonyl (C=O) groups excluding carboxylic acids is 1. The first-order valence-corrected chi connectivity index (χ1v) is 13.4. The Morgan fingerprint density at radius 1 is 1.03 bits per heavy atom. The highest BCUT2D eigenvalue weighted by Crippen LogP contribution is 2.32. The number of anilines is 1. The Hall–Kier alpha value is -2.55. The van der Waals surface area contributed by atoms with Crippen molar-refractivity contribution in [3.8, 4) is 11.3 Å². The highest BCUT2D eigenvalue weighted by molar-refractivity contribution is 7.89. The van der Waals surface area contributed by atoms with Crippen LogP contribution in [0.25, 0.3) is 11.3 Å². The Labute approximate surface area is 199 Å². The fraction of sp³-hybridized carbons (Fsp3) is 0.360. The zero-order valence-electron chi connectivity index (χ0n) is 19.4. The van der Waals surface area contributed by atoms with Crippen molar-refractivity contribution in [2.75, 3.05) is 31.1 Å². The highest BCUT2D eigenvalue weighted by atomic mass is 32.2. The number of ketones is 1. The number of benzene rings is 2. The van der Waals surface area contributed by atoms with E-state index in [1.807, 2.05) is 62.5 Å². The zero-order chi connectivity index (χ0) is 23.8. The van der Waals surface area contributed by atoms with Crippen LogP contribution in [0.4, 0.5) is 5.69 Å². The van der Waals surface area contributed by atoms with Crippen LogP contribution in [0.15, 0.2) is 52.7 Å². The van der Waals surface area contributed by atoms with Crippen molar-refractivity contribution >= 4 is 32.8 Å². The summed E-state index contributed by atoms with van der Waals surface area (Å²) in [6.45, 7) is 9.55. The zero-order valence-corrected chi connectivity index (χ0v) is 21.0. The molecule has 0 radical (unpaired) electrons. The molecule has 1 aromatic heterocycles. The molecule has 174 valence electrons. The predicted molar refractivity (Wildman–Crippen MR) is 134 cm³/mol. The quantitative estimate of drug-likeness (QED) is 0.464. The van der Waals surface area contributed by atoms with Gasteiger partial charge in [0, 0.05) is 48.4 Å². The third kappa shape index (κ3) is 4.88. The largest absolute Gasteiger partial charge is 0.369 e. The van der Waals surface area contributed by atoms with E-state index >= 15 is 0 Å². The Bertz CT molecular complexity index is 1260. The van der Waals surface area contributed by atoms with Crippen LogP contribution in [-0.2, 0) is 10.0 Å². The first kappa shape index (κ1) is 23.6. The summed E-state index contributed by atoms with van der Waals surface area (Å²) in [4.78, 5) is 18.6. The molecule has 2 heterocycles. The number of aryl methyl sites for hydroxylation is 1. The number of aromatic nitrogens is 1. The van der Waals surface area contributed by atoms with Gasteiger partial charge in [-0.05, 0) is 55.7 Å². The van der Waals surface area contributed by atoms with Gasteiger partial charge in [-0.3, -0.25) is 4.79 Å². The van der Waals surface area contributed by atoms with E-state index < -0.39 is 10.0 Å². The normalized spacial score (nSPS) is 15.2. The van der Waals surface area contributed by atoms with Crippen LogP contribution in [0.3, 0.4) is 0 Å². The van der Waals surface area contributed by atoms with E-state index in [1.165, 1.54) is 0 Å². The minimum absolute atomic E-state index is 0.0356. The van der Waals surface area contributed by atoms with E-state index in [0.29, 0.717) is 36.6 Å². The third-order valence-corrected chi connectivity index (χ3v) is 8.77. The number of Topliss-reactive ketones (excluding diaryl/α,β-unsaturated/α-hetero) is 1. The van der Waals surface area contributed by atoms with Gasteiger partial charge in [0.1, 0.15) is 0 Å². The molecule has 0 unspecified atom stereocenters. The summed E-state index contributed by atoms with van der Waals surface area (Å²) in [5.41, 5.74) is 4.14. The topological polar surface area (TPSA) is 70.6 Å². The van der Waals surface area contributed by atoms with Crippen LogP contribution in [0.1, 0.15) is 47.6 Å². The van der Waals surface area contributed by atoms with E-state index in [-0.39, 0.29) is 11.7 Å². The molecule has 0 aliphatic carbocycles. The number of thiazole rings is 1. The molecule has 0 spiro atoms. The molecule has 33 heavy (non-hydrogen) atoms. The summed E-state index contributed by atoms with van der Waals surface area (Å²) in [6, 6.07) is 13.2. The second kappa shape index (κ2) is 9.37. The highest BCUT2D eigenvalue weighted by Gasteiger charge is 2.31. The van der Waals surface area contributed by atoms with Gasteiger partial charge in [0.05, 0.1) is 15.6 Å². The van der Waals surface area contributed by atoms with Gasteiger partial charge >= 0.3 is 0 Å². The molecule has 8 heteroatoms. The first-order valence-electron chi connectivity index (χ1n) is 11.1. The molecule has 0 atom stereocenters. The summed E-state index contributed by atoms with van der Waals surface area (Å²) in [5, 5.41) is 2.92. The number of rotatable bonds is 6. The second-order valence-corrected chi connectivity index (χ2v) is 11.6. The van der Waals surface area contributed by atoms with Crippen molar-refractivity contribution in [3.05, 3.63) is 64.0 Å². The number of hydrogen-bond acceptors (Lipinski definition) is 6. The number of nitrogens with zero attached hydrogens (tertiary/aromatic N) is 3. The first-order chi connectivity index (χ1) is 15.7. The standard InChI is InChI=1S/C25H29N3O3S2/c1-17(2)23-10-7-21(24-16-32-19(4)26-24)15-25(23)33(30,31)28-13-11-27(12-14-28)22-8-5-20(6-9-22)18(3)29/h5-10,15-17H,11-14H2,1-4H3. The maximum atomic E-state index is 13.7. The molecular weight excluding hydrogens is 454 g/mol. The number of piperazine rings is 1. The van der Waals surface area contributed by atoms with E-state index in [0.717, 1.165) is 27.5 Å². The summed E-state index contributed by atoms with van der Waals surface area (Å²) < 4.78 is 29.0. The summed E-state index contributed by atoms with van der Waals surface area (Å²) in [7, 11) is -3.65. The molecule has 2 aromatic carbocycles. The van der Waals surface area contributed by atoms with Crippen molar-refractivity contribution in [2.24, 2.45) is 0 Å². The van der Waals surface area contributed by atoms with Crippen LogP contribution < -0.4 is 4.90 Å². The molecule has 1 aliphatic heterocycles. The maximum Gasteiger partial charge on any atom is 0.243 e. The summed E-state index contributed by atoms with van der Waals surface area (Å²) in [5.74, 6) is 0.121. The molecule has 1 saturated heterocycles. The molecule has 1 aliphatic rings. The molecule has 4 rings (SSSR count). The molecule has 1 fully saturated rings. The van der Waals surface area contributed by atoms with Gasteiger partial charge in [0.25, 0.3) is 0 Å². The van der Waals surface area contributed by atoms with Gasteiger partial charge < -0.3 is 4.90 Å². The average Bonchev–Trinajstić information content (AvgIpc) is 3.25. The molecule has 0 N–H and O–H groups in total. The minimum Gasteiger partial charge on any atom is -0.369 e. The summed E-state index contributed by atoms with van der Waals surface area (Å²) >= 11 is 1.56. The molecular formula is C25H29N3O3S2. The van der Waals surface area contributed by atoms with E-state index in [9.17, 15) is 13.2 Å². The van der Waals surface area contributed by atoms with Gasteiger partial charge in [0.15, 0.2) is 5.78 Å². The van der Waals surface area contributed by atoms with Crippen LogP contribution in [0.2, 0.25) is 0 Å². The number of carbonyl (C=O) groups is 1. The fourth-order valence-corrected chi connectivity index (χ4v) is 6.54. The van der Waals surface area contributed by atoms with Crippen molar-refractivity contribution in [1.82, 2.24) is 9.29 Å². The van der Waals surface area contributed by atoms with Crippen LogP contribution in [-0.4, -0.2) is 49.7 Å². The molecule has 0 bridgehead atoms. The lowest BCUT2D eigenvalue weighted by atomic mass is 10.0. The molecule has 0 amide bonds. The predicted octanol–water partition coefficient (Wildman–Crippen LogP) is 4.96. The third-order valence-electron chi connectivity index (χ3n) is 6.05. The average molecular weight is 484 g/mol. The van der Waals surface area contributed by atoms with Gasteiger partial charge in [-0.1, -0.05) is 26.0 Å². The van der Waals surface area contributed by atoms with Gasteiger partial charge in [-0.2, -0.15) is 4.31 Å². The lowest BCUT2D eigenvalue weighted by molar-refractivity contribution is 0.101. The van der Waals surface area contributed by atoms with Crippen molar-refractivity contribution in [1.29, 1.82) is 0 Å². The van der Waals surface area contributed by atoms with Crippen molar-refractivity contribution in [3.63, 3.8) is 0 Å². The monoisotopic (exact) mass is 483 g/mol. The van der Waals surface area contributed by atoms with Crippen LogP contribution in [0.5, 0.6) is 0 Å². The van der Waals surface area contributed by atoms with Gasteiger partial charge in [0.2, 0.25) is 10.0 Å². The fourth-order valence-electron chi connectivity index (χ4n) is 4.12. The lowest BCUT2D eigenvalue weighted by Crippen LogP contribution is -2.48.